The van der Waals surface area contributed by atoms with Gasteiger partial charge in [-0.15, -0.1) is 0 Å². The molecule has 2 heteroatoms. The van der Waals surface area contributed by atoms with Crippen LogP contribution in [0.25, 0.3) is 6.08 Å². The van der Waals surface area contributed by atoms with Gasteiger partial charge in [-0.25, -0.2) is 0 Å². The third kappa shape index (κ3) is 4.06. The van der Waals surface area contributed by atoms with Gasteiger partial charge in [0.15, 0.2) is 5.78 Å². The van der Waals surface area contributed by atoms with E-state index in [1.807, 2.05) is 30.3 Å². The number of hydrogen-bond donors (Lipinski definition) is 0. The van der Waals surface area contributed by atoms with Crippen molar-refractivity contribution in [3.63, 3.8) is 0 Å². The minimum atomic E-state index is -0.0261. The second-order valence-electron chi connectivity index (χ2n) is 5.25. The van der Waals surface area contributed by atoms with E-state index in [0.717, 1.165) is 5.56 Å². The summed E-state index contributed by atoms with van der Waals surface area (Å²) in [5, 5.41) is 0. The lowest BCUT2D eigenvalue weighted by Crippen LogP contribution is -1.95. The van der Waals surface area contributed by atoms with Gasteiger partial charge in [0, 0.05) is 5.56 Å². The number of carbonyl (C=O) groups is 1. The zero-order chi connectivity index (χ0) is 15.2. The van der Waals surface area contributed by atoms with Gasteiger partial charge in [-0.1, -0.05) is 56.3 Å². The van der Waals surface area contributed by atoms with Crippen LogP contribution in [0.2, 0.25) is 0 Å². The van der Waals surface area contributed by atoms with Crippen LogP contribution < -0.4 is 4.74 Å². The van der Waals surface area contributed by atoms with Crippen molar-refractivity contribution in [2.75, 3.05) is 7.11 Å². The standard InChI is InChI=1S/C19H20O2/c1-14(2)16-10-7-15(8-11-16)9-12-19(20)17-5-4-6-18(13-17)21-3/h4-14H,1-3H3/b12-9+. The van der Waals surface area contributed by atoms with Crippen molar-refractivity contribution in [3.8, 4) is 5.75 Å². The Balaban J connectivity index is 2.10. The van der Waals surface area contributed by atoms with Gasteiger partial charge in [-0.3, -0.25) is 4.79 Å². The summed E-state index contributed by atoms with van der Waals surface area (Å²) in [4.78, 5) is 12.1. The van der Waals surface area contributed by atoms with E-state index in [4.69, 9.17) is 4.74 Å². The zero-order valence-corrected chi connectivity index (χ0v) is 12.7. The van der Waals surface area contributed by atoms with Crippen LogP contribution in [0.1, 0.15) is 41.3 Å². The minimum absolute atomic E-state index is 0.0261. The third-order valence-electron chi connectivity index (χ3n) is 3.38. The SMILES string of the molecule is COc1cccc(C(=O)/C=C/c2ccc(C(C)C)cc2)c1. The molecule has 2 nitrogen and oxygen atoms in total. The fourth-order valence-corrected chi connectivity index (χ4v) is 2.04. The van der Waals surface area contributed by atoms with Crippen LogP contribution in [0.4, 0.5) is 0 Å². The number of rotatable bonds is 5. The predicted molar refractivity (Wildman–Crippen MR) is 86.9 cm³/mol. The summed E-state index contributed by atoms with van der Waals surface area (Å²) in [6.07, 6.45) is 3.44. The molecular formula is C19H20O2. The Labute approximate surface area is 126 Å². The van der Waals surface area contributed by atoms with Crippen LogP contribution >= 0.6 is 0 Å². The Morgan fingerprint density at radius 2 is 1.81 bits per heavy atom. The van der Waals surface area contributed by atoms with Crippen molar-refractivity contribution in [3.05, 3.63) is 71.3 Å². The zero-order valence-electron chi connectivity index (χ0n) is 12.7. The highest BCUT2D eigenvalue weighted by atomic mass is 16.5. The Bertz CT molecular complexity index is 637. The van der Waals surface area contributed by atoms with Crippen LogP contribution in [-0.4, -0.2) is 12.9 Å². The molecule has 0 aromatic heterocycles. The van der Waals surface area contributed by atoms with E-state index in [0.29, 0.717) is 17.2 Å². The van der Waals surface area contributed by atoms with E-state index < -0.39 is 0 Å². The van der Waals surface area contributed by atoms with Gasteiger partial charge in [0.05, 0.1) is 7.11 Å². The average molecular weight is 280 g/mol. The van der Waals surface area contributed by atoms with Gasteiger partial charge in [-0.2, -0.15) is 0 Å². The lowest BCUT2D eigenvalue weighted by molar-refractivity contribution is 0.104. The van der Waals surface area contributed by atoms with E-state index in [1.165, 1.54) is 5.56 Å². The molecule has 0 saturated heterocycles. The normalized spacial score (nSPS) is 11.0. The molecule has 0 atom stereocenters. The van der Waals surface area contributed by atoms with E-state index in [9.17, 15) is 4.79 Å². The van der Waals surface area contributed by atoms with Crippen molar-refractivity contribution < 1.29 is 9.53 Å². The number of carbonyl (C=O) groups excluding carboxylic acids is 1. The first-order chi connectivity index (χ1) is 10.1. The molecule has 0 spiro atoms. The topological polar surface area (TPSA) is 26.3 Å². The Hall–Kier alpha value is -2.35. The highest BCUT2D eigenvalue weighted by Gasteiger charge is 2.03. The highest BCUT2D eigenvalue weighted by molar-refractivity contribution is 6.07. The van der Waals surface area contributed by atoms with Crippen LogP contribution in [0, 0.1) is 0 Å². The van der Waals surface area contributed by atoms with Crippen LogP contribution in [0.3, 0.4) is 0 Å². The summed E-state index contributed by atoms with van der Waals surface area (Å²) >= 11 is 0. The van der Waals surface area contributed by atoms with Gasteiger partial charge in [0.2, 0.25) is 0 Å². The second kappa shape index (κ2) is 6.89. The fourth-order valence-electron chi connectivity index (χ4n) is 2.04. The van der Waals surface area contributed by atoms with Crippen molar-refractivity contribution >= 4 is 11.9 Å². The molecular weight excluding hydrogens is 260 g/mol. The molecule has 0 bridgehead atoms. The molecule has 0 amide bonds. The Morgan fingerprint density at radius 1 is 1.10 bits per heavy atom. The molecule has 0 radical (unpaired) electrons. The summed E-state index contributed by atoms with van der Waals surface area (Å²) in [5.41, 5.74) is 2.95. The van der Waals surface area contributed by atoms with E-state index in [1.54, 1.807) is 25.3 Å². The number of ketones is 1. The molecule has 0 fully saturated rings. The van der Waals surface area contributed by atoms with E-state index in [2.05, 4.69) is 26.0 Å². The number of allylic oxidation sites excluding steroid dienone is 1. The van der Waals surface area contributed by atoms with Gasteiger partial charge < -0.3 is 4.74 Å². The number of hydrogen-bond acceptors (Lipinski definition) is 2. The summed E-state index contributed by atoms with van der Waals surface area (Å²) in [5.74, 6) is 1.18. The first-order valence-corrected chi connectivity index (χ1v) is 7.06. The number of ether oxygens (including phenoxy) is 1. The number of methoxy groups -OCH3 is 1. The molecule has 0 heterocycles. The maximum absolute atomic E-state index is 12.1. The summed E-state index contributed by atoms with van der Waals surface area (Å²) in [6.45, 7) is 4.33. The van der Waals surface area contributed by atoms with Crippen molar-refractivity contribution in [1.82, 2.24) is 0 Å². The molecule has 2 aromatic carbocycles. The quantitative estimate of drug-likeness (QED) is 0.585. The molecule has 0 aliphatic heterocycles. The molecule has 0 unspecified atom stereocenters. The highest BCUT2D eigenvalue weighted by Crippen LogP contribution is 2.16. The van der Waals surface area contributed by atoms with Gasteiger partial charge in [0.25, 0.3) is 0 Å². The number of benzene rings is 2. The molecule has 21 heavy (non-hydrogen) atoms. The second-order valence-corrected chi connectivity index (χ2v) is 5.25. The van der Waals surface area contributed by atoms with Crippen molar-refractivity contribution in [2.45, 2.75) is 19.8 Å². The Morgan fingerprint density at radius 3 is 2.43 bits per heavy atom. The minimum Gasteiger partial charge on any atom is -0.497 e. The molecule has 2 rings (SSSR count). The summed E-state index contributed by atoms with van der Waals surface area (Å²) in [7, 11) is 1.59. The molecule has 0 saturated carbocycles. The maximum Gasteiger partial charge on any atom is 0.185 e. The monoisotopic (exact) mass is 280 g/mol. The summed E-state index contributed by atoms with van der Waals surface area (Å²) < 4.78 is 5.13. The van der Waals surface area contributed by atoms with Crippen LogP contribution in [0.15, 0.2) is 54.6 Å². The average Bonchev–Trinajstić information content (AvgIpc) is 2.53. The summed E-state index contributed by atoms with van der Waals surface area (Å²) in [6, 6.07) is 15.4. The van der Waals surface area contributed by atoms with E-state index in [-0.39, 0.29) is 5.78 Å². The van der Waals surface area contributed by atoms with Crippen molar-refractivity contribution in [1.29, 1.82) is 0 Å². The first-order valence-electron chi connectivity index (χ1n) is 7.06. The first kappa shape index (κ1) is 15.0. The predicted octanol–water partition coefficient (Wildman–Crippen LogP) is 4.71. The Kier molecular flexibility index (Phi) is 4.94. The van der Waals surface area contributed by atoms with Gasteiger partial charge >= 0.3 is 0 Å². The fraction of sp³-hybridized carbons (Fsp3) is 0.211. The smallest absolute Gasteiger partial charge is 0.185 e. The maximum atomic E-state index is 12.1. The largest absolute Gasteiger partial charge is 0.497 e. The third-order valence-corrected chi connectivity index (χ3v) is 3.38. The molecule has 0 aliphatic rings. The van der Waals surface area contributed by atoms with Gasteiger partial charge in [0.1, 0.15) is 5.75 Å². The van der Waals surface area contributed by atoms with Crippen molar-refractivity contribution in [2.24, 2.45) is 0 Å². The van der Waals surface area contributed by atoms with Gasteiger partial charge in [-0.05, 0) is 35.3 Å². The van der Waals surface area contributed by atoms with Crippen LogP contribution in [0.5, 0.6) is 5.75 Å². The lowest BCUT2D eigenvalue weighted by Gasteiger charge is -2.04. The molecule has 2 aromatic rings. The van der Waals surface area contributed by atoms with E-state index >= 15 is 0 Å². The molecule has 108 valence electrons. The molecule has 0 aliphatic carbocycles. The lowest BCUT2D eigenvalue weighted by atomic mass is 10.0. The molecule has 0 N–H and O–H groups in total. The van der Waals surface area contributed by atoms with Crippen LogP contribution in [-0.2, 0) is 0 Å².